The molecule has 116 valence electrons. The van der Waals surface area contributed by atoms with E-state index in [1.807, 2.05) is 0 Å². The second-order valence-electron chi connectivity index (χ2n) is 4.97. The van der Waals surface area contributed by atoms with Crippen molar-refractivity contribution < 1.29 is 24.6 Å². The number of carboxylic acids is 1. The molecule has 2 aromatic carbocycles. The van der Waals surface area contributed by atoms with Crippen LogP contribution in [-0.4, -0.2) is 34.7 Å². The van der Waals surface area contributed by atoms with Crippen molar-refractivity contribution in [1.82, 2.24) is 0 Å². The van der Waals surface area contributed by atoms with Gasteiger partial charge in [-0.15, -0.1) is 0 Å². The molecule has 0 bridgehead atoms. The third-order valence-corrected chi connectivity index (χ3v) is 3.48. The van der Waals surface area contributed by atoms with Gasteiger partial charge in [-0.25, -0.2) is 14.5 Å². The average molecular weight is 312 g/mol. The van der Waals surface area contributed by atoms with Crippen molar-refractivity contribution in [2.45, 2.75) is 0 Å². The van der Waals surface area contributed by atoms with Crippen molar-refractivity contribution in [3.05, 3.63) is 54.1 Å². The Labute approximate surface area is 131 Å². The van der Waals surface area contributed by atoms with Gasteiger partial charge in [-0.05, 0) is 42.5 Å². The van der Waals surface area contributed by atoms with Gasteiger partial charge in [-0.3, -0.25) is 9.69 Å². The molecular weight excluding hydrogens is 300 g/mol. The normalized spacial score (nSPS) is 14.4. The van der Waals surface area contributed by atoms with Crippen molar-refractivity contribution in [1.29, 1.82) is 0 Å². The SMILES string of the molecule is O=C(O)c1cccc(N2C(=O)CN(c3ccc(O)cc3)C2=O)c1. The van der Waals surface area contributed by atoms with E-state index in [0.717, 1.165) is 4.90 Å². The maximum absolute atomic E-state index is 12.5. The van der Waals surface area contributed by atoms with Crippen molar-refractivity contribution in [3.63, 3.8) is 0 Å². The number of imide groups is 1. The molecule has 1 saturated heterocycles. The number of aromatic carboxylic acids is 1. The predicted octanol–water partition coefficient (Wildman–Crippen LogP) is 2.06. The highest BCUT2D eigenvalue weighted by Gasteiger charge is 2.38. The fraction of sp³-hybridized carbons (Fsp3) is 0.0625. The van der Waals surface area contributed by atoms with Crippen molar-refractivity contribution >= 4 is 29.3 Å². The number of hydrogen-bond donors (Lipinski definition) is 2. The number of rotatable bonds is 3. The molecule has 1 aliphatic heterocycles. The number of urea groups is 1. The maximum Gasteiger partial charge on any atom is 0.336 e. The summed E-state index contributed by atoms with van der Waals surface area (Å²) in [6, 6.07) is 11.0. The van der Waals surface area contributed by atoms with Crippen LogP contribution in [0.25, 0.3) is 0 Å². The number of carboxylic acid groups (broad SMARTS) is 1. The highest BCUT2D eigenvalue weighted by molar-refractivity contribution is 6.27. The summed E-state index contributed by atoms with van der Waals surface area (Å²) in [4.78, 5) is 37.9. The Hall–Kier alpha value is -3.35. The first-order chi connectivity index (χ1) is 11.0. The van der Waals surface area contributed by atoms with E-state index in [1.165, 1.54) is 53.4 Å². The Morgan fingerprint density at radius 2 is 1.70 bits per heavy atom. The standard InChI is InChI=1S/C16H12N2O5/c19-13-6-4-11(5-7-13)17-9-14(20)18(16(17)23)12-3-1-2-10(8-12)15(21)22/h1-8,19H,9H2,(H,21,22). The van der Waals surface area contributed by atoms with E-state index >= 15 is 0 Å². The van der Waals surface area contributed by atoms with Crippen LogP contribution in [-0.2, 0) is 4.79 Å². The number of amides is 3. The smallest absolute Gasteiger partial charge is 0.336 e. The summed E-state index contributed by atoms with van der Waals surface area (Å²) in [5.74, 6) is -1.54. The molecule has 1 heterocycles. The molecule has 0 unspecified atom stereocenters. The van der Waals surface area contributed by atoms with E-state index in [1.54, 1.807) is 0 Å². The minimum Gasteiger partial charge on any atom is -0.508 e. The van der Waals surface area contributed by atoms with E-state index in [4.69, 9.17) is 5.11 Å². The summed E-state index contributed by atoms with van der Waals surface area (Å²) in [7, 11) is 0. The molecule has 1 fully saturated rings. The molecular formula is C16H12N2O5. The van der Waals surface area contributed by atoms with Gasteiger partial charge in [0.1, 0.15) is 12.3 Å². The second-order valence-corrected chi connectivity index (χ2v) is 4.97. The number of phenols is 1. The zero-order valence-corrected chi connectivity index (χ0v) is 11.8. The summed E-state index contributed by atoms with van der Waals surface area (Å²) < 4.78 is 0. The van der Waals surface area contributed by atoms with Crippen LogP contribution in [0.1, 0.15) is 10.4 Å². The first kappa shape index (κ1) is 14.6. The first-order valence-electron chi connectivity index (χ1n) is 6.74. The van der Waals surface area contributed by atoms with E-state index in [0.29, 0.717) is 5.69 Å². The lowest BCUT2D eigenvalue weighted by atomic mass is 10.2. The van der Waals surface area contributed by atoms with Crippen LogP contribution in [0.15, 0.2) is 48.5 Å². The molecule has 2 N–H and O–H groups in total. The molecule has 0 spiro atoms. The largest absolute Gasteiger partial charge is 0.508 e. The van der Waals surface area contributed by atoms with Gasteiger partial charge in [0, 0.05) is 5.69 Å². The van der Waals surface area contributed by atoms with Crippen LogP contribution in [0.5, 0.6) is 5.75 Å². The first-order valence-corrected chi connectivity index (χ1v) is 6.74. The van der Waals surface area contributed by atoms with Crippen LogP contribution >= 0.6 is 0 Å². The molecule has 0 atom stereocenters. The second kappa shape index (κ2) is 5.45. The average Bonchev–Trinajstić information content (AvgIpc) is 2.83. The highest BCUT2D eigenvalue weighted by atomic mass is 16.4. The summed E-state index contributed by atoms with van der Waals surface area (Å²) in [6.07, 6.45) is 0. The molecule has 23 heavy (non-hydrogen) atoms. The van der Waals surface area contributed by atoms with Crippen molar-refractivity contribution in [3.8, 4) is 5.75 Å². The van der Waals surface area contributed by atoms with Crippen LogP contribution in [0.4, 0.5) is 16.2 Å². The lowest BCUT2D eigenvalue weighted by molar-refractivity contribution is -0.115. The van der Waals surface area contributed by atoms with E-state index in [9.17, 15) is 19.5 Å². The summed E-state index contributed by atoms with van der Waals surface area (Å²) in [6.45, 7) is -0.152. The van der Waals surface area contributed by atoms with Gasteiger partial charge in [0.2, 0.25) is 0 Å². The van der Waals surface area contributed by atoms with Gasteiger partial charge >= 0.3 is 12.0 Å². The van der Waals surface area contributed by atoms with Gasteiger partial charge in [0.25, 0.3) is 5.91 Å². The quantitative estimate of drug-likeness (QED) is 0.845. The Kier molecular flexibility index (Phi) is 3.46. The lowest BCUT2D eigenvalue weighted by Gasteiger charge is -2.17. The van der Waals surface area contributed by atoms with Crippen molar-refractivity contribution in [2.24, 2.45) is 0 Å². The van der Waals surface area contributed by atoms with E-state index < -0.39 is 17.9 Å². The number of carbonyl (C=O) groups excluding carboxylic acids is 2. The lowest BCUT2D eigenvalue weighted by Crippen LogP contribution is -2.33. The van der Waals surface area contributed by atoms with Gasteiger partial charge < -0.3 is 10.2 Å². The number of aromatic hydroxyl groups is 1. The fourth-order valence-corrected chi connectivity index (χ4v) is 2.37. The Morgan fingerprint density at radius 1 is 1.00 bits per heavy atom. The molecule has 0 aromatic heterocycles. The van der Waals surface area contributed by atoms with Crippen LogP contribution < -0.4 is 9.80 Å². The van der Waals surface area contributed by atoms with E-state index in [-0.39, 0.29) is 23.5 Å². The Morgan fingerprint density at radius 3 is 2.35 bits per heavy atom. The number of benzene rings is 2. The maximum atomic E-state index is 12.5. The third kappa shape index (κ3) is 2.59. The summed E-state index contributed by atoms with van der Waals surface area (Å²) >= 11 is 0. The van der Waals surface area contributed by atoms with Crippen molar-refractivity contribution in [2.75, 3.05) is 16.3 Å². The molecule has 7 heteroatoms. The molecule has 0 radical (unpaired) electrons. The summed E-state index contributed by atoms with van der Waals surface area (Å²) in [5, 5.41) is 18.3. The Bertz CT molecular complexity index is 800. The zero-order chi connectivity index (χ0) is 16.6. The molecule has 0 aliphatic carbocycles. The number of carbonyl (C=O) groups is 3. The topological polar surface area (TPSA) is 98.2 Å². The molecule has 0 saturated carbocycles. The molecule has 3 amide bonds. The van der Waals surface area contributed by atoms with Gasteiger partial charge in [-0.1, -0.05) is 6.07 Å². The van der Waals surface area contributed by atoms with E-state index in [2.05, 4.69) is 0 Å². The zero-order valence-electron chi connectivity index (χ0n) is 11.8. The molecule has 1 aliphatic rings. The number of hydrogen-bond acceptors (Lipinski definition) is 4. The van der Waals surface area contributed by atoms with Crippen LogP contribution in [0, 0.1) is 0 Å². The van der Waals surface area contributed by atoms with Crippen LogP contribution in [0.2, 0.25) is 0 Å². The minimum atomic E-state index is -1.14. The highest BCUT2D eigenvalue weighted by Crippen LogP contribution is 2.27. The number of phenolic OH excluding ortho intramolecular Hbond substituents is 1. The predicted molar refractivity (Wildman–Crippen MR) is 81.7 cm³/mol. The van der Waals surface area contributed by atoms with Gasteiger partial charge in [0.15, 0.2) is 0 Å². The molecule has 7 nitrogen and oxygen atoms in total. The third-order valence-electron chi connectivity index (χ3n) is 3.48. The minimum absolute atomic E-state index is 0.00816. The van der Waals surface area contributed by atoms with Gasteiger partial charge in [-0.2, -0.15) is 0 Å². The Balaban J connectivity index is 1.94. The monoisotopic (exact) mass is 312 g/mol. The number of anilines is 2. The molecule has 2 aromatic rings. The summed E-state index contributed by atoms with van der Waals surface area (Å²) in [5.41, 5.74) is 0.672. The molecule has 3 rings (SSSR count). The van der Waals surface area contributed by atoms with Gasteiger partial charge in [0.05, 0.1) is 11.3 Å². The van der Waals surface area contributed by atoms with Crippen LogP contribution in [0.3, 0.4) is 0 Å². The fourth-order valence-electron chi connectivity index (χ4n) is 2.37. The number of nitrogens with zero attached hydrogens (tertiary/aromatic N) is 2.